The van der Waals surface area contributed by atoms with Gasteiger partial charge in [0.15, 0.2) is 11.6 Å². The van der Waals surface area contributed by atoms with E-state index in [-0.39, 0.29) is 0 Å². The molecule has 0 saturated carbocycles. The molecule has 0 spiro atoms. The summed E-state index contributed by atoms with van der Waals surface area (Å²) >= 11 is 0. The van der Waals surface area contributed by atoms with Crippen LogP contribution < -0.4 is 0 Å². The minimum absolute atomic E-state index is 0.584. The maximum Gasteiger partial charge on any atom is 0.238 e. The number of fused-ring (bicyclic) bond motifs is 9. The van der Waals surface area contributed by atoms with Gasteiger partial charge < -0.3 is 4.57 Å². The fraction of sp³-hybridized carbons (Fsp3) is 0. The van der Waals surface area contributed by atoms with Crippen molar-refractivity contribution in [1.82, 2.24) is 24.1 Å². The molecule has 0 radical (unpaired) electrons. The molecule has 0 aliphatic carbocycles. The molecule has 0 aliphatic heterocycles. The lowest BCUT2D eigenvalue weighted by Crippen LogP contribution is -2.06. The van der Waals surface area contributed by atoms with Crippen LogP contribution in [0.2, 0.25) is 0 Å². The molecule has 5 heteroatoms. The summed E-state index contributed by atoms with van der Waals surface area (Å²) in [5.41, 5.74) is 7.45. The van der Waals surface area contributed by atoms with Gasteiger partial charge in [-0.15, -0.1) is 0 Å². The monoisotopic (exact) mass is 613 g/mol. The average molecular weight is 614 g/mol. The molecule has 0 saturated heterocycles. The molecule has 0 atom stereocenters. The van der Waals surface area contributed by atoms with Gasteiger partial charge in [-0.25, -0.2) is 4.98 Å². The van der Waals surface area contributed by atoms with Crippen molar-refractivity contribution < 1.29 is 0 Å². The first-order chi connectivity index (χ1) is 23.8. The lowest BCUT2D eigenvalue weighted by molar-refractivity contribution is 0.955. The third kappa shape index (κ3) is 3.94. The summed E-state index contributed by atoms with van der Waals surface area (Å²) in [5.74, 6) is 1.85. The van der Waals surface area contributed by atoms with Crippen LogP contribution in [0, 0.1) is 0 Å². The highest BCUT2D eigenvalue weighted by molar-refractivity contribution is 6.28. The van der Waals surface area contributed by atoms with Crippen molar-refractivity contribution in [2.45, 2.75) is 0 Å². The number of rotatable bonds is 4. The first kappa shape index (κ1) is 26.6. The zero-order chi connectivity index (χ0) is 31.6. The molecular weight excluding hydrogens is 587 g/mol. The van der Waals surface area contributed by atoms with Gasteiger partial charge >= 0.3 is 0 Å². The van der Waals surface area contributed by atoms with Gasteiger partial charge in [-0.1, -0.05) is 140 Å². The number of nitrogens with zero attached hydrogens (tertiary/aromatic N) is 5. The summed E-state index contributed by atoms with van der Waals surface area (Å²) in [5, 5.41) is 7.03. The fourth-order valence-corrected chi connectivity index (χ4v) is 7.26. The summed E-state index contributed by atoms with van der Waals surface area (Å²) in [7, 11) is 0. The molecule has 3 heterocycles. The van der Waals surface area contributed by atoms with E-state index in [1.165, 1.54) is 16.3 Å². The van der Waals surface area contributed by atoms with Gasteiger partial charge in [0.25, 0.3) is 0 Å². The van der Waals surface area contributed by atoms with Crippen LogP contribution in [0.1, 0.15) is 0 Å². The Morgan fingerprint density at radius 1 is 0.354 bits per heavy atom. The molecule has 0 N–H and O–H groups in total. The van der Waals surface area contributed by atoms with Crippen molar-refractivity contribution in [1.29, 1.82) is 0 Å². The van der Waals surface area contributed by atoms with Gasteiger partial charge in [0.05, 0.1) is 22.1 Å². The molecule has 0 bridgehead atoms. The number of aromatic nitrogens is 5. The smallest absolute Gasteiger partial charge is 0.238 e. The molecule has 0 aliphatic rings. The molecule has 7 aromatic carbocycles. The van der Waals surface area contributed by atoms with Crippen LogP contribution in [-0.4, -0.2) is 24.1 Å². The lowest BCUT2D eigenvalue weighted by Gasteiger charge is -2.14. The van der Waals surface area contributed by atoms with Crippen LogP contribution in [0.15, 0.2) is 164 Å². The predicted octanol–water partition coefficient (Wildman–Crippen LogP) is 10.6. The summed E-state index contributed by atoms with van der Waals surface area (Å²) in [6.07, 6.45) is 0. The van der Waals surface area contributed by atoms with Crippen LogP contribution >= 0.6 is 0 Å². The molecule has 3 aromatic heterocycles. The molecular formula is C43H27N5. The first-order valence-corrected chi connectivity index (χ1v) is 16.1. The highest BCUT2D eigenvalue weighted by Crippen LogP contribution is 2.43. The van der Waals surface area contributed by atoms with E-state index in [1.807, 2.05) is 36.4 Å². The highest BCUT2D eigenvalue weighted by atomic mass is 15.2. The molecule has 10 rings (SSSR count). The van der Waals surface area contributed by atoms with E-state index in [1.54, 1.807) is 0 Å². The lowest BCUT2D eigenvalue weighted by atomic mass is 10.0. The standard InChI is InChI=1S/C43H27N5/c1-4-14-29(15-5-1)41-44-42(30-16-6-2-7-17-30)46-43(45-41)48-37-23-13-11-21-33(37)35-27-25-28-24-26-34-32-20-10-12-22-36(32)47(31-18-8-3-9-19-31)39(34)38(28)40(35)48/h1-27H. The van der Waals surface area contributed by atoms with E-state index in [0.717, 1.165) is 54.9 Å². The third-order valence-corrected chi connectivity index (χ3v) is 9.35. The number of benzene rings is 7. The maximum absolute atomic E-state index is 5.22. The molecule has 5 nitrogen and oxygen atoms in total. The quantitative estimate of drug-likeness (QED) is 0.198. The Bertz CT molecular complexity index is 2750. The van der Waals surface area contributed by atoms with Gasteiger partial charge in [0, 0.05) is 43.7 Å². The second-order valence-electron chi connectivity index (χ2n) is 12.1. The van der Waals surface area contributed by atoms with Gasteiger partial charge in [0.2, 0.25) is 5.95 Å². The van der Waals surface area contributed by atoms with Crippen LogP contribution in [0.5, 0.6) is 0 Å². The van der Waals surface area contributed by atoms with Crippen LogP contribution in [0.3, 0.4) is 0 Å². The van der Waals surface area contributed by atoms with Gasteiger partial charge in [-0.3, -0.25) is 4.57 Å². The molecule has 0 amide bonds. The van der Waals surface area contributed by atoms with Crippen LogP contribution in [0.25, 0.3) is 88.8 Å². The normalized spacial score (nSPS) is 11.8. The largest absolute Gasteiger partial charge is 0.309 e. The van der Waals surface area contributed by atoms with Crippen molar-refractivity contribution in [2.75, 3.05) is 0 Å². The van der Waals surface area contributed by atoms with E-state index >= 15 is 0 Å². The first-order valence-electron chi connectivity index (χ1n) is 16.1. The Kier molecular flexibility index (Phi) is 5.81. The minimum Gasteiger partial charge on any atom is -0.309 e. The van der Waals surface area contributed by atoms with E-state index < -0.39 is 0 Å². The number of para-hydroxylation sites is 3. The summed E-state index contributed by atoms with van der Waals surface area (Å²) in [6, 6.07) is 57.2. The van der Waals surface area contributed by atoms with Gasteiger partial charge in [-0.05, 0) is 29.7 Å². The predicted molar refractivity (Wildman–Crippen MR) is 197 cm³/mol. The highest BCUT2D eigenvalue weighted by Gasteiger charge is 2.23. The number of hydrogen-bond acceptors (Lipinski definition) is 3. The zero-order valence-corrected chi connectivity index (χ0v) is 25.8. The van der Waals surface area contributed by atoms with Crippen molar-refractivity contribution >= 4 is 54.4 Å². The van der Waals surface area contributed by atoms with Crippen molar-refractivity contribution in [3.05, 3.63) is 164 Å². The van der Waals surface area contributed by atoms with E-state index in [4.69, 9.17) is 15.0 Å². The Morgan fingerprint density at radius 2 is 0.812 bits per heavy atom. The van der Waals surface area contributed by atoms with Gasteiger partial charge in [-0.2, -0.15) is 9.97 Å². The van der Waals surface area contributed by atoms with Crippen molar-refractivity contribution in [2.24, 2.45) is 0 Å². The second kappa shape index (κ2) is 10.5. The van der Waals surface area contributed by atoms with E-state index in [2.05, 4.69) is 137 Å². The maximum atomic E-state index is 5.22. The fourth-order valence-electron chi connectivity index (χ4n) is 7.26. The Morgan fingerprint density at radius 3 is 1.38 bits per heavy atom. The average Bonchev–Trinajstić information content (AvgIpc) is 3.69. The third-order valence-electron chi connectivity index (χ3n) is 9.35. The van der Waals surface area contributed by atoms with Crippen LogP contribution in [-0.2, 0) is 0 Å². The van der Waals surface area contributed by atoms with E-state index in [0.29, 0.717) is 17.6 Å². The second-order valence-corrected chi connectivity index (χ2v) is 12.1. The van der Waals surface area contributed by atoms with Gasteiger partial charge in [0.1, 0.15) is 0 Å². The van der Waals surface area contributed by atoms with E-state index in [9.17, 15) is 0 Å². The summed E-state index contributed by atoms with van der Waals surface area (Å²) < 4.78 is 4.66. The Labute approximate surface area is 276 Å². The number of hydrogen-bond donors (Lipinski definition) is 0. The topological polar surface area (TPSA) is 48.5 Å². The summed E-state index contributed by atoms with van der Waals surface area (Å²) in [4.78, 5) is 15.4. The molecule has 0 unspecified atom stereocenters. The van der Waals surface area contributed by atoms with Crippen LogP contribution in [0.4, 0.5) is 0 Å². The van der Waals surface area contributed by atoms with Crippen molar-refractivity contribution in [3.63, 3.8) is 0 Å². The molecule has 224 valence electrons. The molecule has 10 aromatic rings. The SMILES string of the molecule is c1ccc(-c2nc(-c3ccccc3)nc(-n3c4ccccc4c4ccc5ccc6c7ccccc7n(-c7ccccc7)c6c5c43)n2)cc1. The molecule has 48 heavy (non-hydrogen) atoms. The van der Waals surface area contributed by atoms with Crippen molar-refractivity contribution in [3.8, 4) is 34.4 Å². The zero-order valence-electron chi connectivity index (χ0n) is 25.8. The molecule has 0 fully saturated rings. The Hall–Kier alpha value is -6.59. The Balaban J connectivity index is 1.42. The minimum atomic E-state index is 0.584. The summed E-state index contributed by atoms with van der Waals surface area (Å²) in [6.45, 7) is 0.